The molecule has 9 heteroatoms. The van der Waals surface area contributed by atoms with Crippen molar-refractivity contribution in [1.82, 2.24) is 9.21 Å². The molecular formula is C20H24N4O4S. The Balaban J connectivity index is 1.88. The lowest BCUT2D eigenvalue weighted by molar-refractivity contribution is 0.102. The minimum absolute atomic E-state index is 0.107. The zero-order valence-corrected chi connectivity index (χ0v) is 17.5. The topological polar surface area (TPSA) is 82.2 Å². The highest BCUT2D eigenvalue weighted by molar-refractivity contribution is 7.89. The average Bonchev–Trinajstić information content (AvgIpc) is 2.83. The van der Waals surface area contributed by atoms with Crippen LogP contribution in [0.15, 0.2) is 41.3 Å². The predicted octanol–water partition coefficient (Wildman–Crippen LogP) is 2.05. The van der Waals surface area contributed by atoms with Crippen molar-refractivity contribution in [1.29, 1.82) is 0 Å². The first-order valence-corrected chi connectivity index (χ1v) is 10.8. The summed E-state index contributed by atoms with van der Waals surface area (Å²) in [6.45, 7) is 3.02. The van der Waals surface area contributed by atoms with Gasteiger partial charge in [-0.1, -0.05) is 12.1 Å². The fourth-order valence-electron chi connectivity index (χ4n) is 3.48. The van der Waals surface area contributed by atoms with Gasteiger partial charge in [-0.25, -0.2) is 12.7 Å². The number of hydrogen-bond donors (Lipinski definition) is 1. The molecule has 0 unspecified atom stereocenters. The molecule has 1 saturated heterocycles. The van der Waals surface area contributed by atoms with Crippen LogP contribution >= 0.6 is 0 Å². The van der Waals surface area contributed by atoms with Crippen molar-refractivity contribution in [2.24, 2.45) is 0 Å². The number of sulfonamides is 1. The van der Waals surface area contributed by atoms with Gasteiger partial charge in [0.25, 0.3) is 5.91 Å². The van der Waals surface area contributed by atoms with E-state index in [9.17, 15) is 13.2 Å². The van der Waals surface area contributed by atoms with Crippen molar-refractivity contribution in [2.75, 3.05) is 57.5 Å². The number of likely N-dealkylation sites (N-methyl/N-ethyl adjacent to an activating group) is 1. The number of nitrogens with zero attached hydrogens (tertiary/aromatic N) is 3. The predicted molar refractivity (Wildman–Crippen MR) is 111 cm³/mol. The summed E-state index contributed by atoms with van der Waals surface area (Å²) >= 11 is 0. The van der Waals surface area contributed by atoms with E-state index in [2.05, 4.69) is 10.2 Å². The van der Waals surface area contributed by atoms with Gasteiger partial charge in [0.15, 0.2) is 5.75 Å². The number of ether oxygens (including phenoxy) is 1. The van der Waals surface area contributed by atoms with Gasteiger partial charge in [-0.3, -0.25) is 4.79 Å². The van der Waals surface area contributed by atoms with Crippen LogP contribution in [0.25, 0.3) is 0 Å². The maximum absolute atomic E-state index is 13.1. The van der Waals surface area contributed by atoms with Crippen LogP contribution in [0.4, 0.5) is 11.4 Å². The molecule has 2 aromatic rings. The van der Waals surface area contributed by atoms with Gasteiger partial charge in [-0.15, -0.1) is 0 Å². The van der Waals surface area contributed by atoms with Crippen molar-refractivity contribution in [3.63, 3.8) is 0 Å². The second-order valence-corrected chi connectivity index (χ2v) is 9.57. The summed E-state index contributed by atoms with van der Waals surface area (Å²) in [4.78, 5) is 17.2. The molecule has 2 aliphatic heterocycles. The summed E-state index contributed by atoms with van der Waals surface area (Å²) < 4.78 is 33.3. The van der Waals surface area contributed by atoms with Crippen LogP contribution in [-0.2, 0) is 10.0 Å². The number of rotatable bonds is 3. The van der Waals surface area contributed by atoms with Gasteiger partial charge in [-0.05, 0) is 25.2 Å². The standard InChI is InChI=1S/C20H24N4O4S/c1-22(2)29(26,27)19-12-14-18(13-16(19)24-10-8-23(3)9-11-24)28-17-7-5-4-6-15(17)21-20(14)25/h4-7,12-13H,8-11H2,1-3H3,(H,21,25). The molecule has 154 valence electrons. The summed E-state index contributed by atoms with van der Waals surface area (Å²) in [7, 11) is 1.25. The Morgan fingerprint density at radius 2 is 1.72 bits per heavy atom. The molecular weight excluding hydrogens is 392 g/mol. The van der Waals surface area contributed by atoms with Gasteiger partial charge in [0.05, 0.1) is 16.9 Å². The Hall–Kier alpha value is -2.62. The van der Waals surface area contributed by atoms with Crippen molar-refractivity contribution in [3.05, 3.63) is 42.0 Å². The van der Waals surface area contributed by atoms with Gasteiger partial charge >= 0.3 is 0 Å². The van der Waals surface area contributed by atoms with Crippen molar-refractivity contribution >= 4 is 27.3 Å². The molecule has 2 aromatic carbocycles. The number of nitrogens with one attached hydrogen (secondary N) is 1. The van der Waals surface area contributed by atoms with E-state index in [1.54, 1.807) is 24.3 Å². The smallest absolute Gasteiger partial charge is 0.259 e. The Bertz CT molecular complexity index is 1060. The highest BCUT2D eigenvalue weighted by Gasteiger charge is 2.31. The molecule has 1 amide bonds. The van der Waals surface area contributed by atoms with Crippen molar-refractivity contribution in [2.45, 2.75) is 4.90 Å². The SMILES string of the molecule is CN1CCN(c2cc3c(cc2S(=O)(=O)N(C)C)C(=O)Nc2ccccc2O3)CC1. The molecule has 0 saturated carbocycles. The minimum Gasteiger partial charge on any atom is -0.454 e. The first-order chi connectivity index (χ1) is 13.8. The van der Waals surface area contributed by atoms with Crippen LogP contribution < -0.4 is 15.0 Å². The second-order valence-electron chi connectivity index (χ2n) is 7.45. The fraction of sp³-hybridized carbons (Fsp3) is 0.350. The van der Waals surface area contributed by atoms with Gasteiger partial charge < -0.3 is 19.9 Å². The maximum Gasteiger partial charge on any atom is 0.259 e. The third-order valence-electron chi connectivity index (χ3n) is 5.26. The number of hydrogen-bond acceptors (Lipinski definition) is 6. The molecule has 0 atom stereocenters. The fourth-order valence-corrected chi connectivity index (χ4v) is 4.59. The van der Waals surface area contributed by atoms with E-state index in [4.69, 9.17) is 4.74 Å². The van der Waals surface area contributed by atoms with Crippen LogP contribution in [0.3, 0.4) is 0 Å². The lowest BCUT2D eigenvalue weighted by atomic mass is 10.1. The normalized spacial score (nSPS) is 17.2. The van der Waals surface area contributed by atoms with Crippen molar-refractivity contribution in [3.8, 4) is 11.5 Å². The molecule has 1 N–H and O–H groups in total. The Labute approximate surface area is 170 Å². The van der Waals surface area contributed by atoms with Gasteiger partial charge in [0.1, 0.15) is 10.6 Å². The third kappa shape index (κ3) is 3.57. The zero-order chi connectivity index (χ0) is 20.8. The molecule has 2 aliphatic rings. The second kappa shape index (κ2) is 7.33. The molecule has 8 nitrogen and oxygen atoms in total. The van der Waals surface area contributed by atoms with E-state index < -0.39 is 15.9 Å². The zero-order valence-electron chi connectivity index (χ0n) is 16.7. The number of para-hydroxylation sites is 2. The van der Waals surface area contributed by atoms with E-state index in [0.717, 1.165) is 13.1 Å². The number of amides is 1. The number of carbonyl (C=O) groups excluding carboxylic acids is 1. The monoisotopic (exact) mass is 416 g/mol. The van der Waals surface area contributed by atoms with E-state index in [1.807, 2.05) is 18.0 Å². The maximum atomic E-state index is 13.1. The molecule has 1 fully saturated rings. The number of fused-ring (bicyclic) bond motifs is 2. The average molecular weight is 417 g/mol. The Morgan fingerprint density at radius 3 is 2.41 bits per heavy atom. The minimum atomic E-state index is -3.76. The summed E-state index contributed by atoms with van der Waals surface area (Å²) in [6, 6.07) is 10.2. The summed E-state index contributed by atoms with van der Waals surface area (Å²) in [6.07, 6.45) is 0. The van der Waals surface area contributed by atoms with E-state index in [1.165, 1.54) is 24.5 Å². The van der Waals surface area contributed by atoms with Crippen LogP contribution in [0.2, 0.25) is 0 Å². The van der Waals surface area contributed by atoms with Crippen molar-refractivity contribution < 1.29 is 17.9 Å². The molecule has 0 aromatic heterocycles. The summed E-state index contributed by atoms with van der Waals surface area (Å²) in [5.41, 5.74) is 1.30. The molecule has 0 radical (unpaired) electrons. The first-order valence-electron chi connectivity index (χ1n) is 9.39. The third-order valence-corrected chi connectivity index (χ3v) is 7.11. The number of carbonyl (C=O) groups is 1. The van der Waals surface area contributed by atoms with Gasteiger partial charge in [-0.2, -0.15) is 0 Å². The summed E-state index contributed by atoms with van der Waals surface area (Å²) in [5.74, 6) is 0.469. The van der Waals surface area contributed by atoms with E-state index >= 15 is 0 Å². The number of benzene rings is 2. The lowest BCUT2D eigenvalue weighted by Crippen LogP contribution is -2.45. The molecule has 2 heterocycles. The van der Waals surface area contributed by atoms with E-state index in [-0.39, 0.29) is 10.5 Å². The molecule has 29 heavy (non-hydrogen) atoms. The van der Waals surface area contributed by atoms with E-state index in [0.29, 0.717) is 36.0 Å². The lowest BCUT2D eigenvalue weighted by Gasteiger charge is -2.35. The Morgan fingerprint density at radius 1 is 1.03 bits per heavy atom. The summed E-state index contributed by atoms with van der Waals surface area (Å²) in [5, 5.41) is 2.80. The highest BCUT2D eigenvalue weighted by Crippen LogP contribution is 2.40. The van der Waals surface area contributed by atoms with Gasteiger partial charge in [0.2, 0.25) is 10.0 Å². The van der Waals surface area contributed by atoms with Gasteiger partial charge in [0, 0.05) is 46.3 Å². The first kappa shape index (κ1) is 19.7. The molecule has 0 spiro atoms. The molecule has 0 aliphatic carbocycles. The van der Waals surface area contributed by atoms with Crippen LogP contribution in [-0.4, -0.2) is 70.9 Å². The number of piperazine rings is 1. The quantitative estimate of drug-likeness (QED) is 0.825. The Kier molecular flexibility index (Phi) is 4.97. The molecule has 4 rings (SSSR count). The van der Waals surface area contributed by atoms with Crippen LogP contribution in [0.1, 0.15) is 10.4 Å². The highest BCUT2D eigenvalue weighted by atomic mass is 32.2. The van der Waals surface area contributed by atoms with Crippen LogP contribution in [0.5, 0.6) is 11.5 Å². The molecule has 0 bridgehead atoms. The van der Waals surface area contributed by atoms with Crippen LogP contribution in [0, 0.1) is 0 Å². The number of anilines is 2. The largest absolute Gasteiger partial charge is 0.454 e.